The molecule has 8 heteroatoms. The van der Waals surface area contributed by atoms with Gasteiger partial charge in [-0.1, -0.05) is 40.5 Å². The van der Waals surface area contributed by atoms with Gasteiger partial charge in [-0.05, 0) is 30.3 Å². The van der Waals surface area contributed by atoms with Gasteiger partial charge in [-0.3, -0.25) is 4.79 Å². The van der Waals surface area contributed by atoms with Crippen LogP contribution >= 0.6 is 34.5 Å². The highest BCUT2D eigenvalue weighted by Gasteiger charge is 2.28. The molecule has 0 aliphatic carbocycles. The van der Waals surface area contributed by atoms with Crippen LogP contribution in [0.5, 0.6) is 0 Å². The van der Waals surface area contributed by atoms with E-state index in [4.69, 9.17) is 27.7 Å². The van der Waals surface area contributed by atoms with Crippen LogP contribution in [-0.4, -0.2) is 15.9 Å². The fraction of sp³-hybridized carbons (Fsp3) is 0.0526. The summed E-state index contributed by atoms with van der Waals surface area (Å²) in [6.07, 6.45) is 0. The molecule has 4 aromatic rings. The number of hydrogen-bond donors (Lipinski definition) is 0. The molecular weight excluding hydrogens is 405 g/mol. The van der Waals surface area contributed by atoms with Gasteiger partial charge in [0.15, 0.2) is 17.4 Å². The van der Waals surface area contributed by atoms with Gasteiger partial charge >= 0.3 is 0 Å². The number of halogens is 2. The predicted octanol–water partition coefficient (Wildman–Crippen LogP) is 5.75. The van der Waals surface area contributed by atoms with Crippen molar-refractivity contribution in [1.29, 1.82) is 5.26 Å². The molecule has 0 spiro atoms. The summed E-state index contributed by atoms with van der Waals surface area (Å²) in [6.45, 7) is 0. The summed E-state index contributed by atoms with van der Waals surface area (Å²) in [4.78, 5) is 17.2. The standard InChI is InChI=1S/C19H9Cl2N3O2S/c20-10-5-6-17-14(7-10)23-19(27-17)12(9-22)18(25)15-8-16(26-24-15)11-3-1-2-4-13(11)21/h1-8,12H/t12-/m1/s1. The average molecular weight is 414 g/mol. The number of nitrogens with zero attached hydrogens (tertiary/aromatic N) is 3. The second-order valence-electron chi connectivity index (χ2n) is 5.65. The summed E-state index contributed by atoms with van der Waals surface area (Å²) >= 11 is 13.4. The van der Waals surface area contributed by atoms with Gasteiger partial charge in [-0.2, -0.15) is 5.26 Å². The van der Waals surface area contributed by atoms with Crippen LogP contribution in [0.1, 0.15) is 21.4 Å². The number of Topliss-reactive ketones (excluding diaryl/α,β-unsaturated/α-hetero) is 1. The molecule has 0 saturated carbocycles. The van der Waals surface area contributed by atoms with Crippen molar-refractivity contribution in [1.82, 2.24) is 10.1 Å². The fourth-order valence-electron chi connectivity index (χ4n) is 2.60. The third kappa shape index (κ3) is 3.33. The number of rotatable bonds is 4. The van der Waals surface area contributed by atoms with E-state index in [1.165, 1.54) is 17.4 Å². The molecule has 0 aliphatic heterocycles. The molecule has 2 aromatic carbocycles. The number of carbonyl (C=O) groups excluding carboxylic acids is 1. The van der Waals surface area contributed by atoms with E-state index in [2.05, 4.69) is 10.1 Å². The number of nitriles is 1. The van der Waals surface area contributed by atoms with Crippen molar-refractivity contribution in [2.75, 3.05) is 0 Å². The van der Waals surface area contributed by atoms with Gasteiger partial charge in [-0.15, -0.1) is 11.3 Å². The Morgan fingerprint density at radius 2 is 2.00 bits per heavy atom. The van der Waals surface area contributed by atoms with Gasteiger partial charge in [0.2, 0.25) is 5.78 Å². The topological polar surface area (TPSA) is 79.8 Å². The Bertz CT molecular complexity index is 1210. The van der Waals surface area contributed by atoms with Crippen molar-refractivity contribution in [3.05, 3.63) is 69.3 Å². The molecule has 0 saturated heterocycles. The molecule has 0 fully saturated rings. The van der Waals surface area contributed by atoms with Crippen molar-refractivity contribution in [2.24, 2.45) is 0 Å². The second kappa shape index (κ2) is 7.12. The summed E-state index contributed by atoms with van der Waals surface area (Å²) in [5.41, 5.74) is 1.31. The van der Waals surface area contributed by atoms with Crippen molar-refractivity contribution in [3.8, 4) is 17.4 Å². The van der Waals surface area contributed by atoms with Crippen LogP contribution in [0, 0.1) is 11.3 Å². The van der Waals surface area contributed by atoms with E-state index in [-0.39, 0.29) is 5.69 Å². The first-order valence-corrected chi connectivity index (χ1v) is 9.35. The maximum Gasteiger partial charge on any atom is 0.208 e. The average Bonchev–Trinajstić information content (AvgIpc) is 3.29. The molecule has 0 radical (unpaired) electrons. The number of carbonyl (C=O) groups is 1. The highest BCUT2D eigenvalue weighted by atomic mass is 35.5. The molecule has 0 unspecified atom stereocenters. The van der Waals surface area contributed by atoms with Crippen LogP contribution in [0.4, 0.5) is 0 Å². The molecule has 132 valence electrons. The minimum absolute atomic E-state index is 0.0498. The molecule has 2 heterocycles. The fourth-order valence-corrected chi connectivity index (χ4v) is 3.98. The SMILES string of the molecule is N#C[C@H](C(=O)c1cc(-c2ccccc2Cl)on1)c1nc2cc(Cl)ccc2s1. The zero-order chi connectivity index (χ0) is 19.0. The van der Waals surface area contributed by atoms with Crippen LogP contribution in [-0.2, 0) is 0 Å². The van der Waals surface area contributed by atoms with Gasteiger partial charge in [0, 0.05) is 16.7 Å². The van der Waals surface area contributed by atoms with E-state index in [1.807, 2.05) is 12.1 Å². The predicted molar refractivity (Wildman–Crippen MR) is 104 cm³/mol. The van der Waals surface area contributed by atoms with E-state index in [0.29, 0.717) is 31.9 Å². The van der Waals surface area contributed by atoms with E-state index >= 15 is 0 Å². The highest BCUT2D eigenvalue weighted by Crippen LogP contribution is 2.32. The van der Waals surface area contributed by atoms with Crippen molar-refractivity contribution in [2.45, 2.75) is 5.92 Å². The molecule has 5 nitrogen and oxygen atoms in total. The van der Waals surface area contributed by atoms with E-state index < -0.39 is 11.7 Å². The molecule has 0 aliphatic rings. The Labute approximate surface area is 167 Å². The lowest BCUT2D eigenvalue weighted by molar-refractivity contribution is 0.0970. The largest absolute Gasteiger partial charge is 0.356 e. The van der Waals surface area contributed by atoms with Crippen molar-refractivity contribution >= 4 is 50.5 Å². The maximum atomic E-state index is 12.8. The maximum absolute atomic E-state index is 12.8. The molecule has 0 N–H and O–H groups in total. The van der Waals surface area contributed by atoms with Crippen molar-refractivity contribution in [3.63, 3.8) is 0 Å². The summed E-state index contributed by atoms with van der Waals surface area (Å²) in [5.74, 6) is -1.20. The Morgan fingerprint density at radius 3 is 2.78 bits per heavy atom. The lowest BCUT2D eigenvalue weighted by atomic mass is 10.0. The lowest BCUT2D eigenvalue weighted by Crippen LogP contribution is -2.11. The zero-order valence-corrected chi connectivity index (χ0v) is 15.8. The first kappa shape index (κ1) is 17.7. The summed E-state index contributed by atoms with van der Waals surface area (Å²) in [6, 6.07) is 15.8. The normalized spacial score (nSPS) is 12.0. The number of benzene rings is 2. The number of hydrogen-bond acceptors (Lipinski definition) is 6. The van der Waals surface area contributed by atoms with Gasteiger partial charge in [0.25, 0.3) is 0 Å². The Morgan fingerprint density at radius 1 is 1.19 bits per heavy atom. The number of ketones is 1. The van der Waals surface area contributed by atoms with E-state index in [0.717, 1.165) is 4.70 Å². The van der Waals surface area contributed by atoms with Crippen LogP contribution in [0.15, 0.2) is 53.1 Å². The number of aromatic nitrogens is 2. The van der Waals surface area contributed by atoms with Gasteiger partial charge in [0.05, 0.1) is 21.3 Å². The minimum Gasteiger partial charge on any atom is -0.356 e. The summed E-state index contributed by atoms with van der Waals surface area (Å²) < 4.78 is 6.11. The highest BCUT2D eigenvalue weighted by molar-refractivity contribution is 7.18. The monoisotopic (exact) mass is 413 g/mol. The molecule has 4 rings (SSSR count). The smallest absolute Gasteiger partial charge is 0.208 e. The molecule has 0 amide bonds. The first-order chi connectivity index (χ1) is 13.1. The number of thiazole rings is 1. The minimum atomic E-state index is -1.08. The molecule has 1 atom stereocenters. The lowest BCUT2D eigenvalue weighted by Gasteiger charge is -2.00. The van der Waals surface area contributed by atoms with Gasteiger partial charge in [0.1, 0.15) is 5.01 Å². The van der Waals surface area contributed by atoms with E-state index in [1.54, 1.807) is 36.4 Å². The summed E-state index contributed by atoms with van der Waals surface area (Å²) in [7, 11) is 0. The molecule has 27 heavy (non-hydrogen) atoms. The van der Waals surface area contributed by atoms with Crippen LogP contribution in [0.2, 0.25) is 10.0 Å². The van der Waals surface area contributed by atoms with Gasteiger partial charge in [-0.25, -0.2) is 4.98 Å². The summed E-state index contributed by atoms with van der Waals surface area (Å²) in [5, 5.41) is 14.8. The molecular formula is C19H9Cl2N3O2S. The third-order valence-electron chi connectivity index (χ3n) is 3.91. The second-order valence-corrected chi connectivity index (χ2v) is 7.55. The first-order valence-electron chi connectivity index (χ1n) is 7.78. The Balaban J connectivity index is 1.68. The molecule has 0 bridgehead atoms. The Hall–Kier alpha value is -2.72. The van der Waals surface area contributed by atoms with Crippen molar-refractivity contribution < 1.29 is 9.32 Å². The third-order valence-corrected chi connectivity index (χ3v) is 5.57. The zero-order valence-electron chi connectivity index (χ0n) is 13.5. The quantitative estimate of drug-likeness (QED) is 0.398. The van der Waals surface area contributed by atoms with Crippen LogP contribution < -0.4 is 0 Å². The molecule has 2 aromatic heterocycles. The van der Waals surface area contributed by atoms with Crippen LogP contribution in [0.3, 0.4) is 0 Å². The van der Waals surface area contributed by atoms with E-state index in [9.17, 15) is 10.1 Å². The Kier molecular flexibility index (Phi) is 4.66. The van der Waals surface area contributed by atoms with Gasteiger partial charge < -0.3 is 4.52 Å². The van der Waals surface area contributed by atoms with Crippen LogP contribution in [0.25, 0.3) is 21.5 Å². The number of fused-ring (bicyclic) bond motifs is 1.